The molecule has 3 heterocycles. The summed E-state index contributed by atoms with van der Waals surface area (Å²) in [5.41, 5.74) is 0.797. The molecule has 1 aromatic heterocycles. The molecule has 0 aliphatic carbocycles. The second-order valence-corrected chi connectivity index (χ2v) is 4.73. The number of hydrogen-bond donors (Lipinski definition) is 0. The highest BCUT2D eigenvalue weighted by atomic mass is 16.7. The maximum Gasteiger partial charge on any atom is 0.231 e. The fraction of sp³-hybridized carbons (Fsp3) is 0.308. The summed E-state index contributed by atoms with van der Waals surface area (Å²) in [6.07, 6.45) is 1.66. The maximum atomic E-state index is 12.1. The van der Waals surface area contributed by atoms with Gasteiger partial charge in [-0.1, -0.05) is 5.16 Å². The van der Waals surface area contributed by atoms with Crippen molar-refractivity contribution in [2.45, 2.75) is 12.3 Å². The first-order chi connectivity index (χ1) is 9.81. The number of amides is 1. The van der Waals surface area contributed by atoms with E-state index in [2.05, 4.69) is 10.1 Å². The van der Waals surface area contributed by atoms with E-state index >= 15 is 0 Å². The van der Waals surface area contributed by atoms with Gasteiger partial charge in [-0.15, -0.1) is 0 Å². The van der Waals surface area contributed by atoms with Crippen molar-refractivity contribution >= 4 is 11.6 Å². The normalized spacial score (nSPS) is 20.7. The number of aromatic nitrogens is 2. The van der Waals surface area contributed by atoms with E-state index in [-0.39, 0.29) is 18.6 Å². The number of benzene rings is 1. The standard InChI is InChI=1S/C13H11N3O4/c17-12-3-8(13-14-6-20-15-13)5-16(12)9-1-2-10-11(4-9)19-7-18-10/h1-2,4,6,8H,3,5,7H2. The number of nitrogens with zero attached hydrogens (tertiary/aromatic N) is 3. The summed E-state index contributed by atoms with van der Waals surface area (Å²) in [5.74, 6) is 1.94. The highest BCUT2D eigenvalue weighted by Gasteiger charge is 2.34. The Morgan fingerprint density at radius 2 is 2.15 bits per heavy atom. The van der Waals surface area contributed by atoms with Crippen molar-refractivity contribution in [2.75, 3.05) is 18.2 Å². The Labute approximate surface area is 114 Å². The Bertz CT molecular complexity index is 656. The SMILES string of the molecule is O=C1CC(c2ncon2)CN1c1ccc2c(c1)OCO2. The lowest BCUT2D eigenvalue weighted by Crippen LogP contribution is -2.24. The van der Waals surface area contributed by atoms with E-state index in [1.54, 1.807) is 4.90 Å². The first kappa shape index (κ1) is 11.3. The van der Waals surface area contributed by atoms with Gasteiger partial charge in [0.05, 0.1) is 0 Å². The lowest BCUT2D eigenvalue weighted by molar-refractivity contribution is -0.117. The van der Waals surface area contributed by atoms with Crippen LogP contribution in [-0.2, 0) is 4.79 Å². The minimum atomic E-state index is -0.0355. The average Bonchev–Trinajstić information content (AvgIpc) is 3.17. The molecule has 0 spiro atoms. The Morgan fingerprint density at radius 3 is 3.00 bits per heavy atom. The molecule has 2 aromatic rings. The fourth-order valence-electron chi connectivity index (χ4n) is 2.54. The second-order valence-electron chi connectivity index (χ2n) is 4.73. The van der Waals surface area contributed by atoms with Crippen molar-refractivity contribution in [1.82, 2.24) is 10.1 Å². The summed E-state index contributed by atoms with van der Waals surface area (Å²) in [5, 5.41) is 3.81. The lowest BCUT2D eigenvalue weighted by Gasteiger charge is -2.16. The van der Waals surface area contributed by atoms with E-state index in [0.29, 0.717) is 30.3 Å². The van der Waals surface area contributed by atoms with E-state index in [9.17, 15) is 4.79 Å². The zero-order chi connectivity index (χ0) is 13.5. The van der Waals surface area contributed by atoms with E-state index in [0.717, 1.165) is 5.69 Å². The van der Waals surface area contributed by atoms with Gasteiger partial charge in [0.2, 0.25) is 19.1 Å². The average molecular weight is 273 g/mol. The van der Waals surface area contributed by atoms with Crippen LogP contribution in [0.2, 0.25) is 0 Å². The van der Waals surface area contributed by atoms with Crippen LogP contribution >= 0.6 is 0 Å². The van der Waals surface area contributed by atoms with Crippen molar-refractivity contribution in [1.29, 1.82) is 0 Å². The van der Waals surface area contributed by atoms with Gasteiger partial charge in [-0.05, 0) is 12.1 Å². The Kier molecular flexibility index (Phi) is 2.38. The minimum Gasteiger partial charge on any atom is -0.454 e. The van der Waals surface area contributed by atoms with Gasteiger partial charge in [0.1, 0.15) is 0 Å². The largest absolute Gasteiger partial charge is 0.454 e. The van der Waals surface area contributed by atoms with Crippen LogP contribution < -0.4 is 14.4 Å². The van der Waals surface area contributed by atoms with Crippen molar-refractivity contribution in [2.24, 2.45) is 0 Å². The highest BCUT2D eigenvalue weighted by molar-refractivity contribution is 5.96. The summed E-state index contributed by atoms with van der Waals surface area (Å²) in [6, 6.07) is 5.48. The van der Waals surface area contributed by atoms with Gasteiger partial charge in [0.15, 0.2) is 17.3 Å². The number of carbonyl (C=O) groups excluding carboxylic acids is 1. The Hall–Kier alpha value is -2.57. The topological polar surface area (TPSA) is 77.7 Å². The van der Waals surface area contributed by atoms with Crippen LogP contribution in [-0.4, -0.2) is 29.4 Å². The minimum absolute atomic E-state index is 0.0355. The Balaban J connectivity index is 1.61. The summed E-state index contributed by atoms with van der Waals surface area (Å²) in [4.78, 5) is 17.9. The van der Waals surface area contributed by atoms with E-state index < -0.39 is 0 Å². The highest BCUT2D eigenvalue weighted by Crippen LogP contribution is 2.38. The van der Waals surface area contributed by atoms with E-state index in [4.69, 9.17) is 14.0 Å². The third-order valence-corrected chi connectivity index (χ3v) is 3.54. The van der Waals surface area contributed by atoms with Crippen molar-refractivity contribution in [3.05, 3.63) is 30.4 Å². The predicted molar refractivity (Wildman–Crippen MR) is 66.6 cm³/mol. The van der Waals surface area contributed by atoms with Gasteiger partial charge < -0.3 is 18.9 Å². The van der Waals surface area contributed by atoms with Crippen molar-refractivity contribution < 1.29 is 18.8 Å². The molecule has 4 rings (SSSR count). The summed E-state index contributed by atoms with van der Waals surface area (Å²) in [6.45, 7) is 0.760. The summed E-state index contributed by atoms with van der Waals surface area (Å²) in [7, 11) is 0. The van der Waals surface area contributed by atoms with Gasteiger partial charge in [0.25, 0.3) is 0 Å². The molecule has 0 saturated carbocycles. The molecule has 2 aliphatic rings. The number of rotatable bonds is 2. The monoisotopic (exact) mass is 273 g/mol. The number of ether oxygens (including phenoxy) is 2. The zero-order valence-electron chi connectivity index (χ0n) is 10.5. The van der Waals surface area contributed by atoms with Gasteiger partial charge in [-0.2, -0.15) is 4.98 Å². The molecule has 1 saturated heterocycles. The van der Waals surface area contributed by atoms with Gasteiger partial charge >= 0.3 is 0 Å². The third kappa shape index (κ3) is 1.70. The molecule has 1 fully saturated rings. The number of carbonyl (C=O) groups is 1. The van der Waals surface area contributed by atoms with Crippen LogP contribution in [0.15, 0.2) is 29.1 Å². The lowest BCUT2D eigenvalue weighted by atomic mass is 10.1. The molecule has 0 N–H and O–H groups in total. The molecule has 0 radical (unpaired) electrons. The molecule has 7 heteroatoms. The van der Waals surface area contributed by atoms with Crippen LogP contribution in [0.5, 0.6) is 11.5 Å². The van der Waals surface area contributed by atoms with E-state index in [1.165, 1.54) is 6.39 Å². The molecular formula is C13H11N3O4. The number of hydrogen-bond acceptors (Lipinski definition) is 6. The van der Waals surface area contributed by atoms with Crippen molar-refractivity contribution in [3.8, 4) is 11.5 Å². The molecule has 102 valence electrons. The number of anilines is 1. The molecule has 1 unspecified atom stereocenters. The fourth-order valence-corrected chi connectivity index (χ4v) is 2.54. The zero-order valence-corrected chi connectivity index (χ0v) is 10.5. The Morgan fingerprint density at radius 1 is 1.25 bits per heavy atom. The molecule has 1 aromatic carbocycles. The molecule has 1 amide bonds. The van der Waals surface area contributed by atoms with Crippen molar-refractivity contribution in [3.63, 3.8) is 0 Å². The second kappa shape index (κ2) is 4.22. The van der Waals surface area contributed by atoms with Gasteiger partial charge in [-0.3, -0.25) is 4.79 Å². The molecule has 7 nitrogen and oxygen atoms in total. The molecule has 2 aliphatic heterocycles. The van der Waals surface area contributed by atoms with Crippen LogP contribution in [0.4, 0.5) is 5.69 Å². The summed E-state index contributed by atoms with van der Waals surface area (Å²) >= 11 is 0. The molecule has 1 atom stereocenters. The number of fused-ring (bicyclic) bond motifs is 1. The smallest absolute Gasteiger partial charge is 0.231 e. The van der Waals surface area contributed by atoms with Crippen LogP contribution in [0.25, 0.3) is 0 Å². The molecular weight excluding hydrogens is 262 g/mol. The van der Waals surface area contributed by atoms with Crippen LogP contribution in [0.1, 0.15) is 18.2 Å². The molecule has 0 bridgehead atoms. The first-order valence-electron chi connectivity index (χ1n) is 6.27. The van der Waals surface area contributed by atoms with Crippen LogP contribution in [0, 0.1) is 0 Å². The predicted octanol–water partition coefficient (Wildman–Crippen LogP) is 1.32. The van der Waals surface area contributed by atoms with Gasteiger partial charge in [-0.25, -0.2) is 0 Å². The quantitative estimate of drug-likeness (QED) is 0.821. The summed E-state index contributed by atoms with van der Waals surface area (Å²) < 4.78 is 15.3. The van der Waals surface area contributed by atoms with E-state index in [1.807, 2.05) is 18.2 Å². The maximum absolute atomic E-state index is 12.1. The molecule has 20 heavy (non-hydrogen) atoms. The first-order valence-corrected chi connectivity index (χ1v) is 6.27. The van der Waals surface area contributed by atoms with Crippen LogP contribution in [0.3, 0.4) is 0 Å². The third-order valence-electron chi connectivity index (χ3n) is 3.54. The van der Waals surface area contributed by atoms with Gasteiger partial charge in [0, 0.05) is 30.6 Å².